The van der Waals surface area contributed by atoms with Crippen molar-refractivity contribution in [3.63, 3.8) is 0 Å². The zero-order valence-corrected chi connectivity index (χ0v) is 12.3. The van der Waals surface area contributed by atoms with E-state index in [1.807, 2.05) is 13.0 Å². The maximum absolute atomic E-state index is 12.3. The Morgan fingerprint density at radius 2 is 2.19 bits per heavy atom. The number of rotatable bonds is 1. The number of aromatic amines is 1. The van der Waals surface area contributed by atoms with Gasteiger partial charge in [0.2, 0.25) is 0 Å². The average molecular weight is 302 g/mol. The predicted octanol–water partition coefficient (Wildman–Crippen LogP) is 2.05. The fourth-order valence-corrected chi connectivity index (χ4v) is 4.10. The number of Topliss-reactive ketones (excluding diaryl/α,β-unsaturated/α-hetero) is 1. The summed E-state index contributed by atoms with van der Waals surface area (Å²) in [4.78, 5) is 25.6. The molecule has 1 amide bonds. The number of hydrogen-bond donors (Lipinski definition) is 3. The molecule has 0 aromatic carbocycles. The lowest BCUT2D eigenvalue weighted by Gasteiger charge is -2.35. The van der Waals surface area contributed by atoms with Crippen LogP contribution in [0.15, 0.2) is 12.3 Å². The number of anilines is 1. The van der Waals surface area contributed by atoms with Gasteiger partial charge in [0.05, 0.1) is 11.9 Å². The minimum absolute atomic E-state index is 0.101. The molecule has 1 unspecified atom stereocenters. The SMILES string of the molecule is Cc1[nH]ncc1-c1cc2c(s1)C(=O)NC1(CCC(=O)C1)N2. The van der Waals surface area contributed by atoms with E-state index in [1.165, 1.54) is 11.3 Å². The number of aromatic nitrogens is 2. The monoisotopic (exact) mass is 302 g/mol. The van der Waals surface area contributed by atoms with Crippen molar-refractivity contribution < 1.29 is 9.59 Å². The number of carbonyl (C=O) groups excluding carboxylic acids is 2. The standard InChI is InChI=1S/C14H14N4O2S/c1-7-9(6-15-18-7)11-4-10-12(21-11)13(20)17-14(16-10)3-2-8(19)5-14/h4,6,16H,2-3,5H2,1H3,(H,15,18)(H,17,20). The first-order chi connectivity index (χ1) is 10.1. The van der Waals surface area contributed by atoms with E-state index in [9.17, 15) is 9.59 Å². The summed E-state index contributed by atoms with van der Waals surface area (Å²) in [6.07, 6.45) is 3.28. The second-order valence-electron chi connectivity index (χ2n) is 5.64. The molecule has 108 valence electrons. The number of ketones is 1. The number of fused-ring (bicyclic) bond motifs is 1. The van der Waals surface area contributed by atoms with Gasteiger partial charge in [-0.05, 0) is 19.4 Å². The Morgan fingerprint density at radius 1 is 1.33 bits per heavy atom. The number of H-pyrrole nitrogens is 1. The molecule has 0 radical (unpaired) electrons. The van der Waals surface area contributed by atoms with Crippen LogP contribution >= 0.6 is 11.3 Å². The van der Waals surface area contributed by atoms with E-state index in [0.717, 1.165) is 21.8 Å². The van der Waals surface area contributed by atoms with E-state index < -0.39 is 5.66 Å². The first kappa shape index (κ1) is 12.6. The van der Waals surface area contributed by atoms with Crippen molar-refractivity contribution in [1.29, 1.82) is 0 Å². The summed E-state index contributed by atoms with van der Waals surface area (Å²) in [5.41, 5.74) is 2.19. The molecule has 3 N–H and O–H groups in total. The highest BCUT2D eigenvalue weighted by atomic mass is 32.1. The summed E-state index contributed by atoms with van der Waals surface area (Å²) < 4.78 is 0. The molecule has 6 nitrogen and oxygen atoms in total. The molecule has 1 fully saturated rings. The van der Waals surface area contributed by atoms with Gasteiger partial charge in [-0.2, -0.15) is 5.10 Å². The predicted molar refractivity (Wildman–Crippen MR) is 79.3 cm³/mol. The third-order valence-electron chi connectivity index (χ3n) is 4.09. The van der Waals surface area contributed by atoms with Gasteiger partial charge >= 0.3 is 0 Å². The van der Waals surface area contributed by atoms with Crippen molar-refractivity contribution in [2.45, 2.75) is 31.8 Å². The van der Waals surface area contributed by atoms with E-state index in [1.54, 1.807) is 6.20 Å². The first-order valence-electron chi connectivity index (χ1n) is 6.83. The van der Waals surface area contributed by atoms with Crippen molar-refractivity contribution in [1.82, 2.24) is 15.5 Å². The van der Waals surface area contributed by atoms with Gasteiger partial charge in [-0.15, -0.1) is 11.3 Å². The number of hydrogen-bond acceptors (Lipinski definition) is 5. The molecule has 1 aliphatic carbocycles. The maximum atomic E-state index is 12.3. The van der Waals surface area contributed by atoms with Crippen LogP contribution in [0, 0.1) is 6.92 Å². The number of thiophene rings is 1. The second kappa shape index (κ2) is 4.17. The molecule has 4 rings (SSSR count). The van der Waals surface area contributed by atoms with Crippen molar-refractivity contribution in [3.05, 3.63) is 22.8 Å². The molecule has 2 aromatic rings. The fourth-order valence-electron chi connectivity index (χ4n) is 3.03. The highest BCUT2D eigenvalue weighted by molar-refractivity contribution is 7.18. The van der Waals surface area contributed by atoms with Crippen molar-refractivity contribution in [2.24, 2.45) is 0 Å². The molecule has 0 bridgehead atoms. The molecule has 0 saturated heterocycles. The van der Waals surface area contributed by atoms with Crippen molar-refractivity contribution in [2.75, 3.05) is 5.32 Å². The van der Waals surface area contributed by atoms with Crippen molar-refractivity contribution >= 4 is 28.7 Å². The largest absolute Gasteiger partial charge is 0.361 e. The smallest absolute Gasteiger partial charge is 0.265 e. The van der Waals surface area contributed by atoms with Gasteiger partial charge < -0.3 is 10.6 Å². The van der Waals surface area contributed by atoms with E-state index in [0.29, 0.717) is 24.1 Å². The van der Waals surface area contributed by atoms with Crippen LogP contribution in [0.1, 0.15) is 34.6 Å². The lowest BCUT2D eigenvalue weighted by Crippen LogP contribution is -2.55. The van der Waals surface area contributed by atoms with Gasteiger partial charge in [0.25, 0.3) is 5.91 Å². The molecule has 1 spiro atoms. The van der Waals surface area contributed by atoms with Gasteiger partial charge in [0.15, 0.2) is 0 Å². The fraction of sp³-hybridized carbons (Fsp3) is 0.357. The van der Waals surface area contributed by atoms with Gasteiger partial charge in [-0.3, -0.25) is 14.7 Å². The van der Waals surface area contributed by atoms with Gasteiger partial charge in [-0.1, -0.05) is 0 Å². The highest BCUT2D eigenvalue weighted by Gasteiger charge is 2.44. The van der Waals surface area contributed by atoms with Crippen LogP contribution in [0.25, 0.3) is 10.4 Å². The number of amides is 1. The van der Waals surface area contributed by atoms with E-state index >= 15 is 0 Å². The van der Waals surface area contributed by atoms with Crippen LogP contribution in [0.5, 0.6) is 0 Å². The Kier molecular flexibility index (Phi) is 2.50. The van der Waals surface area contributed by atoms with E-state index in [-0.39, 0.29) is 11.7 Å². The summed E-state index contributed by atoms with van der Waals surface area (Å²) >= 11 is 1.44. The lowest BCUT2D eigenvalue weighted by atomic mass is 10.0. The van der Waals surface area contributed by atoms with E-state index in [4.69, 9.17) is 0 Å². The van der Waals surface area contributed by atoms with Gasteiger partial charge in [-0.25, -0.2) is 0 Å². The summed E-state index contributed by atoms with van der Waals surface area (Å²) in [6, 6.07) is 1.97. The zero-order chi connectivity index (χ0) is 14.6. The Hall–Kier alpha value is -2.15. The Bertz CT molecular complexity index is 763. The number of nitrogens with one attached hydrogen (secondary N) is 3. The summed E-state index contributed by atoms with van der Waals surface area (Å²) in [5.74, 6) is 0.0863. The highest BCUT2D eigenvalue weighted by Crippen LogP contribution is 2.41. The number of carbonyl (C=O) groups is 2. The third kappa shape index (κ3) is 1.88. The number of aryl methyl sites for hydroxylation is 1. The lowest BCUT2D eigenvalue weighted by molar-refractivity contribution is -0.117. The van der Waals surface area contributed by atoms with Crippen LogP contribution in [-0.4, -0.2) is 27.6 Å². The maximum Gasteiger partial charge on any atom is 0.265 e. The van der Waals surface area contributed by atoms with Crippen LogP contribution < -0.4 is 10.6 Å². The Labute approximate surface area is 124 Å². The molecule has 2 aliphatic rings. The van der Waals surface area contributed by atoms with Crippen LogP contribution in [0.4, 0.5) is 5.69 Å². The molecule has 7 heteroatoms. The normalized spacial score (nSPS) is 24.0. The molecular formula is C14H14N4O2S. The molecule has 3 heterocycles. The van der Waals surface area contributed by atoms with Crippen LogP contribution in [0.3, 0.4) is 0 Å². The van der Waals surface area contributed by atoms with E-state index in [2.05, 4.69) is 20.8 Å². The molecule has 1 saturated carbocycles. The molecule has 1 atom stereocenters. The Balaban J connectivity index is 1.75. The summed E-state index contributed by atoms with van der Waals surface area (Å²) in [7, 11) is 0. The molecular weight excluding hydrogens is 288 g/mol. The molecule has 21 heavy (non-hydrogen) atoms. The van der Waals surface area contributed by atoms with Gasteiger partial charge in [0.1, 0.15) is 16.3 Å². The Morgan fingerprint density at radius 3 is 2.86 bits per heavy atom. The van der Waals surface area contributed by atoms with Crippen molar-refractivity contribution in [3.8, 4) is 10.4 Å². The topological polar surface area (TPSA) is 86.9 Å². The minimum atomic E-state index is -0.592. The second-order valence-corrected chi connectivity index (χ2v) is 6.69. The third-order valence-corrected chi connectivity index (χ3v) is 5.26. The zero-order valence-electron chi connectivity index (χ0n) is 11.4. The number of nitrogens with zero attached hydrogens (tertiary/aromatic N) is 1. The van der Waals surface area contributed by atoms with Gasteiger partial charge in [0, 0.05) is 29.0 Å². The quantitative estimate of drug-likeness (QED) is 0.752. The first-order valence-corrected chi connectivity index (χ1v) is 7.65. The van der Waals surface area contributed by atoms with Crippen LogP contribution in [-0.2, 0) is 4.79 Å². The summed E-state index contributed by atoms with van der Waals surface area (Å²) in [6.45, 7) is 1.95. The minimum Gasteiger partial charge on any atom is -0.361 e. The molecule has 2 aromatic heterocycles. The molecule has 1 aliphatic heterocycles. The van der Waals surface area contributed by atoms with Crippen LogP contribution in [0.2, 0.25) is 0 Å². The average Bonchev–Trinajstić information content (AvgIpc) is 3.10. The summed E-state index contributed by atoms with van der Waals surface area (Å²) in [5, 5.41) is 13.3.